The Bertz CT molecular complexity index is 3050. The zero-order valence-electron chi connectivity index (χ0n) is 28.3. The third-order valence-corrected chi connectivity index (χ3v) is 11.1. The molecule has 1 aliphatic carbocycles. The van der Waals surface area contributed by atoms with E-state index < -0.39 is 0 Å². The van der Waals surface area contributed by atoms with Crippen molar-refractivity contribution in [2.45, 2.75) is 19.3 Å². The van der Waals surface area contributed by atoms with Crippen molar-refractivity contribution in [3.8, 4) is 34.0 Å². The van der Waals surface area contributed by atoms with E-state index in [1.807, 2.05) is 0 Å². The first kappa shape index (κ1) is 28.3. The fraction of sp³-hybridized carbons (Fsp3) is 0.0638. The van der Waals surface area contributed by atoms with Crippen molar-refractivity contribution in [3.05, 3.63) is 169 Å². The lowest BCUT2D eigenvalue weighted by atomic mass is 9.82. The van der Waals surface area contributed by atoms with Crippen LogP contribution in [-0.4, -0.2) is 19.1 Å². The van der Waals surface area contributed by atoms with Crippen molar-refractivity contribution in [2.75, 3.05) is 0 Å². The topological polar surface area (TPSA) is 35.6 Å². The predicted octanol–water partition coefficient (Wildman–Crippen LogP) is 11.8. The maximum Gasteiger partial charge on any atom is 0.235 e. The van der Waals surface area contributed by atoms with Crippen LogP contribution in [0.1, 0.15) is 25.0 Å². The SMILES string of the molecule is CC1(C)c2ccccc2-c2c1ccc1c3ccccc3n(-c3nc(-c4ccc5c(c4)c4ccccc4n5-c4ccccc4)c4ccccc4n3)c21. The van der Waals surface area contributed by atoms with Gasteiger partial charge >= 0.3 is 0 Å². The predicted molar refractivity (Wildman–Crippen MR) is 211 cm³/mol. The van der Waals surface area contributed by atoms with Gasteiger partial charge in [-0.05, 0) is 59.2 Å². The number of para-hydroxylation sites is 4. The van der Waals surface area contributed by atoms with Crippen LogP contribution >= 0.6 is 0 Å². The quantitative estimate of drug-likeness (QED) is 0.190. The van der Waals surface area contributed by atoms with Crippen molar-refractivity contribution < 1.29 is 0 Å². The van der Waals surface area contributed by atoms with Crippen molar-refractivity contribution in [2.24, 2.45) is 0 Å². The first-order chi connectivity index (χ1) is 25.1. The third kappa shape index (κ3) is 3.85. The van der Waals surface area contributed by atoms with E-state index in [9.17, 15) is 0 Å². The van der Waals surface area contributed by atoms with Crippen LogP contribution in [0.25, 0.3) is 88.5 Å². The van der Waals surface area contributed by atoms with Gasteiger partial charge in [-0.15, -0.1) is 0 Å². The molecule has 11 rings (SSSR count). The highest BCUT2D eigenvalue weighted by atomic mass is 15.2. The molecule has 0 amide bonds. The van der Waals surface area contributed by atoms with E-state index in [0.717, 1.165) is 38.9 Å². The van der Waals surface area contributed by atoms with Crippen LogP contribution < -0.4 is 0 Å². The molecule has 0 radical (unpaired) electrons. The molecule has 51 heavy (non-hydrogen) atoms. The second-order valence-electron chi connectivity index (χ2n) is 14.2. The summed E-state index contributed by atoms with van der Waals surface area (Å²) in [6.45, 7) is 4.68. The molecular formula is C47H32N4. The highest BCUT2D eigenvalue weighted by molar-refractivity contribution is 6.16. The molecule has 0 saturated carbocycles. The number of rotatable bonds is 3. The smallest absolute Gasteiger partial charge is 0.235 e. The molecule has 240 valence electrons. The molecule has 4 heteroatoms. The first-order valence-electron chi connectivity index (χ1n) is 17.6. The number of aromatic nitrogens is 4. The molecule has 7 aromatic carbocycles. The maximum atomic E-state index is 5.53. The minimum Gasteiger partial charge on any atom is -0.309 e. The summed E-state index contributed by atoms with van der Waals surface area (Å²) in [6.07, 6.45) is 0. The highest BCUT2D eigenvalue weighted by Crippen LogP contribution is 2.52. The van der Waals surface area contributed by atoms with Gasteiger partial charge in [0.05, 0.1) is 33.3 Å². The Morgan fingerprint density at radius 3 is 1.94 bits per heavy atom. The van der Waals surface area contributed by atoms with E-state index in [1.54, 1.807) is 0 Å². The normalized spacial score (nSPS) is 13.5. The van der Waals surface area contributed by atoms with Crippen LogP contribution in [0.15, 0.2) is 158 Å². The Balaban J connectivity index is 1.22. The summed E-state index contributed by atoms with van der Waals surface area (Å²) in [5.41, 5.74) is 13.8. The van der Waals surface area contributed by atoms with Crippen molar-refractivity contribution in [3.63, 3.8) is 0 Å². The molecule has 0 fully saturated rings. The number of hydrogen-bond donors (Lipinski definition) is 0. The van der Waals surface area contributed by atoms with Crippen LogP contribution in [0.5, 0.6) is 0 Å². The maximum absolute atomic E-state index is 5.53. The second kappa shape index (κ2) is 10.3. The molecule has 0 saturated heterocycles. The molecule has 0 bridgehead atoms. The lowest BCUT2D eigenvalue weighted by Crippen LogP contribution is -2.14. The van der Waals surface area contributed by atoms with Gasteiger partial charge in [0.2, 0.25) is 5.95 Å². The van der Waals surface area contributed by atoms with Crippen LogP contribution in [-0.2, 0) is 5.41 Å². The zero-order valence-corrected chi connectivity index (χ0v) is 28.3. The van der Waals surface area contributed by atoms with E-state index >= 15 is 0 Å². The molecule has 1 aliphatic rings. The first-order valence-corrected chi connectivity index (χ1v) is 17.6. The fourth-order valence-corrected chi connectivity index (χ4v) is 8.81. The number of nitrogens with zero attached hydrogens (tertiary/aromatic N) is 4. The van der Waals surface area contributed by atoms with Gasteiger partial charge in [0.15, 0.2) is 0 Å². The van der Waals surface area contributed by atoms with Gasteiger partial charge in [-0.25, -0.2) is 9.97 Å². The van der Waals surface area contributed by atoms with Crippen LogP contribution in [0, 0.1) is 0 Å². The summed E-state index contributed by atoms with van der Waals surface area (Å²) in [5, 5.41) is 5.86. The van der Waals surface area contributed by atoms with E-state index in [4.69, 9.17) is 9.97 Å². The Labute approximate surface area is 294 Å². The average Bonchev–Trinajstić information content (AvgIpc) is 3.78. The summed E-state index contributed by atoms with van der Waals surface area (Å²) in [4.78, 5) is 10.9. The van der Waals surface area contributed by atoms with Crippen LogP contribution in [0.3, 0.4) is 0 Å². The summed E-state index contributed by atoms with van der Waals surface area (Å²) < 4.78 is 4.67. The van der Waals surface area contributed by atoms with Gasteiger partial charge in [-0.2, -0.15) is 0 Å². The largest absolute Gasteiger partial charge is 0.309 e. The monoisotopic (exact) mass is 652 g/mol. The van der Waals surface area contributed by atoms with E-state index in [2.05, 4.69) is 181 Å². The lowest BCUT2D eigenvalue weighted by molar-refractivity contribution is 0.661. The van der Waals surface area contributed by atoms with Gasteiger partial charge in [0.25, 0.3) is 0 Å². The lowest BCUT2D eigenvalue weighted by Gasteiger charge is -2.21. The highest BCUT2D eigenvalue weighted by Gasteiger charge is 2.37. The summed E-state index contributed by atoms with van der Waals surface area (Å²) in [6, 6.07) is 56.7. The minimum absolute atomic E-state index is 0.120. The van der Waals surface area contributed by atoms with Gasteiger partial charge in [0, 0.05) is 49.2 Å². The second-order valence-corrected chi connectivity index (χ2v) is 14.2. The van der Waals surface area contributed by atoms with Gasteiger partial charge in [-0.1, -0.05) is 129 Å². The summed E-state index contributed by atoms with van der Waals surface area (Å²) in [7, 11) is 0. The molecule has 3 aromatic heterocycles. The molecule has 0 atom stereocenters. The molecule has 4 nitrogen and oxygen atoms in total. The fourth-order valence-electron chi connectivity index (χ4n) is 8.81. The number of benzene rings is 7. The molecule has 10 aromatic rings. The van der Waals surface area contributed by atoms with E-state index in [1.165, 1.54) is 54.8 Å². The molecule has 0 aliphatic heterocycles. The Morgan fingerprint density at radius 2 is 1.12 bits per heavy atom. The van der Waals surface area contributed by atoms with Crippen LogP contribution in [0.2, 0.25) is 0 Å². The number of fused-ring (bicyclic) bond motifs is 11. The van der Waals surface area contributed by atoms with E-state index in [-0.39, 0.29) is 5.41 Å². The van der Waals surface area contributed by atoms with E-state index in [0.29, 0.717) is 5.95 Å². The summed E-state index contributed by atoms with van der Waals surface area (Å²) >= 11 is 0. The Kier molecular flexibility index (Phi) is 5.70. The Morgan fingerprint density at radius 1 is 0.471 bits per heavy atom. The molecule has 0 unspecified atom stereocenters. The van der Waals surface area contributed by atoms with Crippen LogP contribution in [0.4, 0.5) is 0 Å². The molecule has 3 heterocycles. The van der Waals surface area contributed by atoms with Gasteiger partial charge < -0.3 is 4.57 Å². The van der Waals surface area contributed by atoms with Crippen molar-refractivity contribution in [1.29, 1.82) is 0 Å². The van der Waals surface area contributed by atoms with Crippen molar-refractivity contribution >= 4 is 54.5 Å². The minimum atomic E-state index is -0.120. The number of hydrogen-bond acceptors (Lipinski definition) is 2. The van der Waals surface area contributed by atoms with Crippen molar-refractivity contribution in [1.82, 2.24) is 19.1 Å². The molecular weight excluding hydrogens is 621 g/mol. The average molecular weight is 653 g/mol. The third-order valence-electron chi connectivity index (χ3n) is 11.1. The van der Waals surface area contributed by atoms with Gasteiger partial charge in [-0.3, -0.25) is 4.57 Å². The standard InChI is InChI=1S/C47H32N4/c1-47(2)37-20-10-6-18-34(37)43-38(47)26-25-33-31-16-8-13-23-41(31)51(45(33)43)46-48-39-21-11-7-19-35(39)44(49-46)29-24-27-42-36(28-29)32-17-9-12-22-40(32)50(42)30-14-4-3-5-15-30/h3-28H,1-2H3. The molecule has 0 N–H and O–H groups in total. The Hall–Kier alpha value is -6.52. The zero-order chi connectivity index (χ0) is 33.8. The van der Waals surface area contributed by atoms with Gasteiger partial charge in [0.1, 0.15) is 0 Å². The summed E-state index contributed by atoms with van der Waals surface area (Å²) in [5.74, 6) is 0.678. The molecule has 0 spiro atoms.